The Morgan fingerprint density at radius 2 is 2.46 bits per heavy atom. The minimum absolute atomic E-state index is 0.0475. The van der Waals surface area contributed by atoms with Crippen molar-refractivity contribution in [2.45, 2.75) is 5.03 Å². The second-order valence-corrected chi connectivity index (χ2v) is 4.00. The first-order valence-corrected chi connectivity index (χ1v) is 4.81. The zero-order valence-corrected chi connectivity index (χ0v) is 7.43. The van der Waals surface area contributed by atoms with Gasteiger partial charge in [-0.25, -0.2) is 18.1 Å². The van der Waals surface area contributed by atoms with Gasteiger partial charge >= 0.3 is 0 Å². The molecule has 5 N–H and O–H groups in total. The van der Waals surface area contributed by atoms with Crippen molar-refractivity contribution in [3.63, 3.8) is 0 Å². The lowest BCUT2D eigenvalue weighted by molar-refractivity contribution is 0.583. The molecule has 0 unspecified atom stereocenters. The van der Waals surface area contributed by atoms with E-state index in [1.165, 1.54) is 12.5 Å². The molecule has 0 aliphatic carbocycles. The molecular weight excluding hydrogens is 194 g/mol. The topological polar surface area (TPSA) is 125 Å². The zero-order chi connectivity index (χ0) is 9.90. The molecule has 0 aliphatic heterocycles. The Bertz CT molecular complexity index is 381. The summed E-state index contributed by atoms with van der Waals surface area (Å²) in [6, 6.07) is 0. The quantitative estimate of drug-likeness (QED) is 0.355. The van der Waals surface area contributed by atoms with E-state index in [1.54, 1.807) is 0 Å². The van der Waals surface area contributed by atoms with Crippen molar-refractivity contribution in [1.29, 1.82) is 5.41 Å². The van der Waals surface area contributed by atoms with E-state index in [0.717, 1.165) is 0 Å². The molecule has 0 saturated carbocycles. The Morgan fingerprint density at radius 3 is 2.92 bits per heavy atom. The predicted molar refractivity (Wildman–Crippen MR) is 45.7 cm³/mol. The third-order valence-corrected chi connectivity index (χ3v) is 2.54. The molecule has 72 valence electrons. The summed E-state index contributed by atoms with van der Waals surface area (Å²) >= 11 is 0. The molecular formula is C5H9N5O2S. The lowest BCUT2D eigenvalue weighted by Crippen LogP contribution is -2.33. The van der Waals surface area contributed by atoms with Crippen LogP contribution in [0.15, 0.2) is 17.6 Å². The Kier molecular flexibility index (Phi) is 2.63. The van der Waals surface area contributed by atoms with Gasteiger partial charge in [0.05, 0.1) is 19.1 Å². The SMILES string of the molecule is N=C(N)CNS(=O)(=O)c1cnc[nH]1. The second kappa shape index (κ2) is 3.54. The van der Waals surface area contributed by atoms with Gasteiger partial charge in [-0.05, 0) is 0 Å². The van der Waals surface area contributed by atoms with Crippen molar-refractivity contribution in [1.82, 2.24) is 14.7 Å². The van der Waals surface area contributed by atoms with E-state index in [-0.39, 0.29) is 17.4 Å². The van der Waals surface area contributed by atoms with E-state index in [9.17, 15) is 8.42 Å². The predicted octanol–water partition coefficient (Wildman–Crippen LogP) is -1.38. The molecule has 0 aromatic carbocycles. The number of H-pyrrole nitrogens is 1. The largest absolute Gasteiger partial charge is 0.387 e. The molecule has 0 spiro atoms. The van der Waals surface area contributed by atoms with Gasteiger partial charge in [-0.2, -0.15) is 0 Å². The highest BCUT2D eigenvalue weighted by molar-refractivity contribution is 7.89. The minimum atomic E-state index is -3.60. The molecule has 0 atom stereocenters. The van der Waals surface area contributed by atoms with Crippen molar-refractivity contribution in [3.05, 3.63) is 12.5 Å². The fraction of sp³-hybridized carbons (Fsp3) is 0.200. The van der Waals surface area contributed by atoms with Gasteiger partial charge in [-0.1, -0.05) is 0 Å². The van der Waals surface area contributed by atoms with Crippen LogP contribution < -0.4 is 10.5 Å². The van der Waals surface area contributed by atoms with Crippen LogP contribution in [0.4, 0.5) is 0 Å². The summed E-state index contributed by atoms with van der Waals surface area (Å²) in [5.41, 5.74) is 4.98. The maximum Gasteiger partial charge on any atom is 0.258 e. The number of nitrogens with one attached hydrogen (secondary N) is 3. The number of rotatable bonds is 4. The fourth-order valence-corrected chi connectivity index (χ4v) is 1.55. The number of hydrogen-bond donors (Lipinski definition) is 4. The Balaban J connectivity index is 2.74. The molecule has 0 amide bonds. The van der Waals surface area contributed by atoms with Crippen molar-refractivity contribution < 1.29 is 8.42 Å². The summed E-state index contributed by atoms with van der Waals surface area (Å²) in [6.45, 7) is -0.207. The van der Waals surface area contributed by atoms with E-state index >= 15 is 0 Å². The summed E-state index contributed by atoms with van der Waals surface area (Å²) in [4.78, 5) is 5.98. The number of nitrogens with zero attached hydrogens (tertiary/aromatic N) is 1. The highest BCUT2D eigenvalue weighted by Gasteiger charge is 2.14. The zero-order valence-electron chi connectivity index (χ0n) is 6.61. The molecule has 0 bridgehead atoms. The van der Waals surface area contributed by atoms with Crippen LogP contribution >= 0.6 is 0 Å². The summed E-state index contributed by atoms with van der Waals surface area (Å²) < 4.78 is 24.6. The van der Waals surface area contributed by atoms with E-state index < -0.39 is 10.0 Å². The molecule has 1 aromatic heterocycles. The lowest BCUT2D eigenvalue weighted by atomic mass is 10.6. The molecule has 0 radical (unpaired) electrons. The molecule has 1 rings (SSSR count). The molecule has 1 heterocycles. The second-order valence-electron chi connectivity index (χ2n) is 2.27. The standard InChI is InChI=1S/C5H9N5O2S/c6-4(7)1-10-13(11,12)5-2-8-3-9-5/h2-3,10H,1H2,(H3,6,7)(H,8,9). The van der Waals surface area contributed by atoms with Gasteiger partial charge in [0.25, 0.3) is 10.0 Å². The first-order chi connectivity index (χ1) is 6.02. The van der Waals surface area contributed by atoms with Crippen LogP contribution in [0.25, 0.3) is 0 Å². The van der Waals surface area contributed by atoms with Gasteiger partial charge < -0.3 is 10.7 Å². The van der Waals surface area contributed by atoms with Gasteiger partial charge in [-0.15, -0.1) is 0 Å². The van der Waals surface area contributed by atoms with Crippen LogP contribution in [0, 0.1) is 5.41 Å². The number of imidazole rings is 1. The number of aromatic amines is 1. The molecule has 7 nitrogen and oxygen atoms in total. The number of hydrogen-bond acceptors (Lipinski definition) is 4. The Morgan fingerprint density at radius 1 is 1.77 bits per heavy atom. The third-order valence-electron chi connectivity index (χ3n) is 1.22. The van der Waals surface area contributed by atoms with Crippen LogP contribution in [0.1, 0.15) is 0 Å². The smallest absolute Gasteiger partial charge is 0.258 e. The number of nitrogens with two attached hydrogens (primary N) is 1. The highest BCUT2D eigenvalue weighted by Crippen LogP contribution is 2.00. The number of aromatic nitrogens is 2. The highest BCUT2D eigenvalue weighted by atomic mass is 32.2. The van der Waals surface area contributed by atoms with Crippen LogP contribution in [-0.4, -0.2) is 30.8 Å². The molecule has 0 fully saturated rings. The molecule has 0 saturated heterocycles. The monoisotopic (exact) mass is 203 g/mol. The van der Waals surface area contributed by atoms with Crippen LogP contribution in [0.5, 0.6) is 0 Å². The van der Waals surface area contributed by atoms with E-state index in [2.05, 4.69) is 14.7 Å². The third kappa shape index (κ3) is 2.53. The van der Waals surface area contributed by atoms with Gasteiger partial charge in [0.15, 0.2) is 5.03 Å². The van der Waals surface area contributed by atoms with Crippen LogP contribution in [-0.2, 0) is 10.0 Å². The summed E-state index contributed by atoms with van der Waals surface area (Å²) in [7, 11) is -3.60. The lowest BCUT2D eigenvalue weighted by Gasteiger charge is -2.01. The van der Waals surface area contributed by atoms with Crippen molar-refractivity contribution >= 4 is 15.9 Å². The van der Waals surface area contributed by atoms with E-state index in [1.807, 2.05) is 0 Å². The average molecular weight is 203 g/mol. The van der Waals surface area contributed by atoms with Gasteiger partial charge in [-0.3, -0.25) is 5.41 Å². The molecule has 0 aliphatic rings. The maximum absolute atomic E-state index is 11.3. The van der Waals surface area contributed by atoms with E-state index in [4.69, 9.17) is 11.1 Å². The fourth-order valence-electron chi connectivity index (χ4n) is 0.641. The number of amidine groups is 1. The number of sulfonamides is 1. The summed E-state index contributed by atoms with van der Waals surface area (Å²) in [6.07, 6.45) is 2.42. The van der Waals surface area contributed by atoms with Crippen LogP contribution in [0.3, 0.4) is 0 Å². The maximum atomic E-state index is 11.3. The van der Waals surface area contributed by atoms with Gasteiger partial charge in [0.2, 0.25) is 0 Å². The van der Waals surface area contributed by atoms with Crippen molar-refractivity contribution in [3.8, 4) is 0 Å². The van der Waals surface area contributed by atoms with Crippen molar-refractivity contribution in [2.24, 2.45) is 5.73 Å². The summed E-state index contributed by atoms with van der Waals surface area (Å²) in [5, 5.41) is 6.78. The van der Waals surface area contributed by atoms with Gasteiger partial charge in [0, 0.05) is 0 Å². The van der Waals surface area contributed by atoms with E-state index in [0.29, 0.717) is 0 Å². The first kappa shape index (κ1) is 9.68. The summed E-state index contributed by atoms with van der Waals surface area (Å²) in [5.74, 6) is -0.247. The Hall–Kier alpha value is -1.41. The van der Waals surface area contributed by atoms with Gasteiger partial charge in [0.1, 0.15) is 5.84 Å². The molecule has 8 heteroatoms. The molecule has 1 aromatic rings. The van der Waals surface area contributed by atoms with Crippen molar-refractivity contribution in [2.75, 3.05) is 6.54 Å². The average Bonchev–Trinajstić information content (AvgIpc) is 2.53. The Labute approximate surface area is 74.9 Å². The van der Waals surface area contributed by atoms with Crippen LogP contribution in [0.2, 0.25) is 0 Å². The normalized spacial score (nSPS) is 11.4. The first-order valence-electron chi connectivity index (χ1n) is 3.33. The molecule has 13 heavy (non-hydrogen) atoms. The minimum Gasteiger partial charge on any atom is -0.387 e.